The van der Waals surface area contributed by atoms with E-state index in [1.807, 2.05) is 27.7 Å². The van der Waals surface area contributed by atoms with E-state index < -0.39 is 19.9 Å². The Hall–Kier alpha value is -3.38. The van der Waals surface area contributed by atoms with Crippen LogP contribution in [0.15, 0.2) is 24.5 Å². The summed E-state index contributed by atoms with van der Waals surface area (Å²) in [6.07, 6.45) is 7.24. The number of pyridine rings is 1. The minimum atomic E-state index is -1.21. The first kappa shape index (κ1) is 32.0. The molecule has 12 heteroatoms. The number of rotatable bonds is 14. The molecule has 1 atom stereocenters. The highest BCUT2D eigenvalue weighted by Crippen LogP contribution is 2.51. The second-order valence-corrected chi connectivity index (χ2v) is 19.5. The van der Waals surface area contributed by atoms with Crippen LogP contribution in [0.1, 0.15) is 67.4 Å². The number of hydrogen-bond acceptors (Lipinski definition) is 6. The first-order valence-corrected chi connectivity index (χ1v) is 19.5. The second kappa shape index (κ2) is 12.9. The fourth-order valence-corrected chi connectivity index (χ4v) is 6.71. The lowest BCUT2D eigenvalue weighted by atomic mass is 9.88. The van der Waals surface area contributed by atoms with Gasteiger partial charge in [0.15, 0.2) is 5.82 Å². The Balaban J connectivity index is 1.32. The summed E-state index contributed by atoms with van der Waals surface area (Å²) in [5.74, 6) is -0.427. The maximum Gasteiger partial charge on any atom is 0.270 e. The molecule has 2 aliphatic carbocycles. The number of nitrogens with one attached hydrogen (secondary N) is 2. The quantitative estimate of drug-likeness (QED) is 0.169. The third-order valence-electron chi connectivity index (χ3n) is 8.62. The van der Waals surface area contributed by atoms with Gasteiger partial charge in [0.1, 0.15) is 24.2 Å². The molecule has 2 aliphatic rings. The van der Waals surface area contributed by atoms with Gasteiger partial charge in [-0.05, 0) is 83.2 Å². The van der Waals surface area contributed by atoms with Crippen LogP contribution in [0, 0.1) is 37.4 Å². The van der Waals surface area contributed by atoms with Gasteiger partial charge in [-0.2, -0.15) is 10.2 Å². The number of hydrogen-bond donors (Lipinski definition) is 2. The SMILES string of the molecule is Cc1nn(COCC[Si](C)(C)C)c(C)c1-c1ncc(NC(=O)[C@@H](NC(=O)c2ccnn2C(C)C)C(C2CC2)C2CC2)cc1F. The smallest absolute Gasteiger partial charge is 0.270 e. The number of aryl methyl sites for hydroxylation is 1. The van der Waals surface area contributed by atoms with Crippen LogP contribution in [0.2, 0.25) is 25.7 Å². The number of halogens is 1. The van der Waals surface area contributed by atoms with Crippen molar-refractivity contribution < 1.29 is 18.7 Å². The van der Waals surface area contributed by atoms with Crippen molar-refractivity contribution in [3.8, 4) is 11.3 Å². The molecule has 5 rings (SSSR count). The summed E-state index contributed by atoms with van der Waals surface area (Å²) in [7, 11) is -1.21. The molecule has 44 heavy (non-hydrogen) atoms. The number of amides is 2. The van der Waals surface area contributed by atoms with Crippen LogP contribution in [0.25, 0.3) is 11.3 Å². The lowest BCUT2D eigenvalue weighted by Gasteiger charge is -2.27. The van der Waals surface area contributed by atoms with Crippen molar-refractivity contribution in [2.75, 3.05) is 11.9 Å². The van der Waals surface area contributed by atoms with E-state index in [0.717, 1.165) is 37.4 Å². The van der Waals surface area contributed by atoms with Crippen molar-refractivity contribution in [2.45, 2.75) is 97.9 Å². The van der Waals surface area contributed by atoms with Crippen molar-refractivity contribution >= 4 is 25.6 Å². The largest absolute Gasteiger partial charge is 0.360 e. The summed E-state index contributed by atoms with van der Waals surface area (Å²) in [4.78, 5) is 31.6. The molecular formula is C32H46FN7O3Si. The van der Waals surface area contributed by atoms with Gasteiger partial charge in [0.2, 0.25) is 5.91 Å². The lowest BCUT2D eigenvalue weighted by molar-refractivity contribution is -0.119. The van der Waals surface area contributed by atoms with Crippen LogP contribution in [-0.4, -0.2) is 57.1 Å². The van der Waals surface area contributed by atoms with Crippen LogP contribution >= 0.6 is 0 Å². The number of aromatic nitrogens is 5. The zero-order valence-corrected chi connectivity index (χ0v) is 28.0. The predicted molar refractivity (Wildman–Crippen MR) is 170 cm³/mol. The Kier molecular flexibility index (Phi) is 9.40. The van der Waals surface area contributed by atoms with E-state index in [4.69, 9.17) is 4.74 Å². The number of carbonyl (C=O) groups is 2. The van der Waals surface area contributed by atoms with Gasteiger partial charge in [-0.15, -0.1) is 0 Å². The summed E-state index contributed by atoms with van der Waals surface area (Å²) < 4.78 is 24.8. The third-order valence-corrected chi connectivity index (χ3v) is 10.3. The van der Waals surface area contributed by atoms with E-state index in [1.165, 1.54) is 12.3 Å². The van der Waals surface area contributed by atoms with Crippen molar-refractivity contribution in [1.29, 1.82) is 0 Å². The molecule has 2 N–H and O–H groups in total. The van der Waals surface area contributed by atoms with Gasteiger partial charge in [0, 0.05) is 44.2 Å². The Morgan fingerprint density at radius 1 is 1.14 bits per heavy atom. The van der Waals surface area contributed by atoms with Crippen molar-refractivity contribution in [2.24, 2.45) is 17.8 Å². The van der Waals surface area contributed by atoms with Crippen molar-refractivity contribution in [3.05, 3.63) is 47.4 Å². The van der Waals surface area contributed by atoms with Crippen LogP contribution < -0.4 is 10.6 Å². The standard InChI is InChI=1S/C32H46FN7O3Si/c1-19(2)40-26(12-13-35-40)31(41)37-30(28(22-8-9-22)23-10-11-23)32(42)36-24-16-25(33)29(34-17-24)27-20(3)38-39(21(27)4)18-43-14-15-44(5,6)7/h12-13,16-17,19,22-23,28,30H,8-11,14-15,18H2,1-7H3,(H,36,42)(H,37,41)/t30-/m0/s1. The van der Waals surface area contributed by atoms with E-state index in [2.05, 4.69) is 45.5 Å². The fourth-order valence-electron chi connectivity index (χ4n) is 5.95. The predicted octanol–water partition coefficient (Wildman–Crippen LogP) is 5.96. The highest BCUT2D eigenvalue weighted by molar-refractivity contribution is 6.76. The Morgan fingerprint density at radius 2 is 1.82 bits per heavy atom. The van der Waals surface area contributed by atoms with E-state index >= 15 is 4.39 Å². The van der Waals surface area contributed by atoms with Crippen LogP contribution in [0.3, 0.4) is 0 Å². The molecule has 0 radical (unpaired) electrons. The van der Waals surface area contributed by atoms with Gasteiger partial charge in [0.25, 0.3) is 5.91 Å². The Labute approximate surface area is 260 Å². The number of carbonyl (C=O) groups excluding carboxylic acids is 2. The normalized spacial score (nSPS) is 16.0. The van der Waals surface area contributed by atoms with E-state index in [1.54, 1.807) is 21.6 Å². The first-order chi connectivity index (χ1) is 20.8. The molecule has 0 saturated heterocycles. The number of nitrogens with zero attached hydrogens (tertiary/aromatic N) is 5. The van der Waals surface area contributed by atoms with Crippen LogP contribution in [0.4, 0.5) is 10.1 Å². The lowest BCUT2D eigenvalue weighted by Crippen LogP contribution is -2.50. The molecule has 0 aromatic carbocycles. The van der Waals surface area contributed by atoms with E-state index in [9.17, 15) is 9.59 Å². The van der Waals surface area contributed by atoms with Gasteiger partial charge in [-0.3, -0.25) is 19.3 Å². The molecule has 0 bridgehead atoms. The summed E-state index contributed by atoms with van der Waals surface area (Å²) in [5.41, 5.74) is 2.85. The van der Waals surface area contributed by atoms with Crippen molar-refractivity contribution in [3.63, 3.8) is 0 Å². The zero-order valence-electron chi connectivity index (χ0n) is 27.0. The molecule has 2 amide bonds. The first-order valence-electron chi connectivity index (χ1n) is 15.8. The average molecular weight is 624 g/mol. The summed E-state index contributed by atoms with van der Waals surface area (Å²) in [6, 6.07) is 3.26. The number of anilines is 1. The van der Waals surface area contributed by atoms with Crippen LogP contribution in [0.5, 0.6) is 0 Å². The van der Waals surface area contributed by atoms with E-state index in [0.29, 0.717) is 42.1 Å². The van der Waals surface area contributed by atoms with Gasteiger partial charge >= 0.3 is 0 Å². The number of ether oxygens (including phenoxy) is 1. The maximum absolute atomic E-state index is 15.6. The van der Waals surface area contributed by atoms with Crippen LogP contribution in [-0.2, 0) is 16.3 Å². The average Bonchev–Trinajstić information content (AvgIpc) is 3.88. The molecule has 0 spiro atoms. The highest BCUT2D eigenvalue weighted by Gasteiger charge is 2.48. The second-order valence-electron chi connectivity index (χ2n) is 13.9. The molecule has 3 aromatic heterocycles. The monoisotopic (exact) mass is 623 g/mol. The maximum atomic E-state index is 15.6. The summed E-state index contributed by atoms with van der Waals surface area (Å²) >= 11 is 0. The van der Waals surface area contributed by atoms with Crippen molar-refractivity contribution in [1.82, 2.24) is 29.9 Å². The molecule has 3 heterocycles. The van der Waals surface area contributed by atoms with Gasteiger partial charge in [-0.1, -0.05) is 19.6 Å². The summed E-state index contributed by atoms with van der Waals surface area (Å²) in [5, 5.41) is 14.7. The van der Waals surface area contributed by atoms with E-state index in [-0.39, 0.29) is 35.2 Å². The minimum absolute atomic E-state index is 0.00451. The molecule has 238 valence electrons. The molecular weight excluding hydrogens is 577 g/mol. The minimum Gasteiger partial charge on any atom is -0.360 e. The Bertz CT molecular complexity index is 1490. The van der Waals surface area contributed by atoms with Gasteiger partial charge in [-0.25, -0.2) is 9.07 Å². The summed E-state index contributed by atoms with van der Waals surface area (Å²) in [6.45, 7) is 15.5. The molecule has 10 nitrogen and oxygen atoms in total. The highest BCUT2D eigenvalue weighted by atomic mass is 28.3. The molecule has 2 saturated carbocycles. The molecule has 0 unspecified atom stereocenters. The van der Waals surface area contributed by atoms with Gasteiger partial charge < -0.3 is 15.4 Å². The van der Waals surface area contributed by atoms with Gasteiger partial charge in [0.05, 0.1) is 17.6 Å². The molecule has 0 aliphatic heterocycles. The third kappa shape index (κ3) is 7.45. The topological polar surface area (TPSA) is 116 Å². The molecule has 3 aromatic rings. The zero-order chi connectivity index (χ0) is 31.8. The fraction of sp³-hybridized carbons (Fsp3) is 0.594. The molecule has 2 fully saturated rings. The Morgan fingerprint density at radius 3 is 2.41 bits per heavy atom.